The van der Waals surface area contributed by atoms with Crippen LogP contribution < -0.4 is 5.32 Å². The van der Waals surface area contributed by atoms with Crippen molar-refractivity contribution in [3.8, 4) is 5.75 Å². The van der Waals surface area contributed by atoms with Crippen molar-refractivity contribution in [2.75, 3.05) is 5.32 Å². The third kappa shape index (κ3) is 3.13. The molecule has 0 bridgehead atoms. The number of nitrogens with one attached hydrogen (secondary N) is 1. The second-order valence-corrected chi connectivity index (χ2v) is 4.53. The van der Waals surface area contributed by atoms with Crippen LogP contribution in [0.3, 0.4) is 0 Å². The molecule has 0 saturated heterocycles. The predicted octanol–water partition coefficient (Wildman–Crippen LogP) is 3.52. The summed E-state index contributed by atoms with van der Waals surface area (Å²) in [6.07, 6.45) is 0.965. The summed E-state index contributed by atoms with van der Waals surface area (Å²) in [4.78, 5) is 12.1. The Balaban J connectivity index is 2.18. The molecule has 2 aromatic rings. The average Bonchev–Trinajstić information content (AvgIpc) is 2.42. The van der Waals surface area contributed by atoms with Crippen molar-refractivity contribution in [2.24, 2.45) is 0 Å². The predicted molar refractivity (Wildman–Crippen MR) is 76.6 cm³/mol. The molecule has 0 aliphatic heterocycles. The monoisotopic (exact) mass is 255 g/mol. The molecule has 0 aliphatic carbocycles. The standard InChI is InChI=1S/C16H17NO2/c1-3-12-5-7-13(8-6-12)17-16(19)14-10-11(2)4-9-15(14)18/h4-10,18H,3H2,1-2H3,(H,17,19). The third-order valence-electron chi connectivity index (χ3n) is 3.02. The fourth-order valence-corrected chi connectivity index (χ4v) is 1.85. The van der Waals surface area contributed by atoms with Crippen molar-refractivity contribution in [1.29, 1.82) is 0 Å². The van der Waals surface area contributed by atoms with Gasteiger partial charge in [-0.25, -0.2) is 0 Å². The average molecular weight is 255 g/mol. The number of hydrogen-bond acceptors (Lipinski definition) is 2. The highest BCUT2D eigenvalue weighted by Crippen LogP contribution is 2.20. The van der Waals surface area contributed by atoms with Crippen LogP contribution in [0.25, 0.3) is 0 Å². The Morgan fingerprint density at radius 3 is 2.47 bits per heavy atom. The molecule has 3 heteroatoms. The van der Waals surface area contributed by atoms with Crippen LogP contribution in [-0.4, -0.2) is 11.0 Å². The lowest BCUT2D eigenvalue weighted by atomic mass is 10.1. The molecule has 0 unspecified atom stereocenters. The zero-order valence-corrected chi connectivity index (χ0v) is 11.1. The molecule has 19 heavy (non-hydrogen) atoms. The van der Waals surface area contributed by atoms with Crippen LogP contribution in [0, 0.1) is 6.92 Å². The van der Waals surface area contributed by atoms with Crippen molar-refractivity contribution >= 4 is 11.6 Å². The van der Waals surface area contributed by atoms with Crippen molar-refractivity contribution < 1.29 is 9.90 Å². The summed E-state index contributed by atoms with van der Waals surface area (Å²) in [7, 11) is 0. The molecule has 0 aromatic heterocycles. The number of anilines is 1. The van der Waals surface area contributed by atoms with Crippen molar-refractivity contribution in [2.45, 2.75) is 20.3 Å². The van der Waals surface area contributed by atoms with Gasteiger partial charge >= 0.3 is 0 Å². The zero-order chi connectivity index (χ0) is 13.8. The molecular weight excluding hydrogens is 238 g/mol. The summed E-state index contributed by atoms with van der Waals surface area (Å²) in [6, 6.07) is 12.7. The minimum absolute atomic E-state index is 0.00622. The maximum Gasteiger partial charge on any atom is 0.259 e. The number of aromatic hydroxyl groups is 1. The van der Waals surface area contributed by atoms with Gasteiger partial charge in [0.1, 0.15) is 5.75 Å². The minimum atomic E-state index is -0.301. The van der Waals surface area contributed by atoms with Gasteiger partial charge in [0, 0.05) is 5.69 Å². The van der Waals surface area contributed by atoms with E-state index in [9.17, 15) is 9.90 Å². The summed E-state index contributed by atoms with van der Waals surface area (Å²) in [5.74, 6) is -0.307. The number of carbonyl (C=O) groups is 1. The van der Waals surface area contributed by atoms with E-state index in [2.05, 4.69) is 12.2 Å². The molecular formula is C16H17NO2. The summed E-state index contributed by atoms with van der Waals surface area (Å²) in [5.41, 5.74) is 3.17. The molecule has 0 fully saturated rings. The Morgan fingerprint density at radius 2 is 1.84 bits per heavy atom. The SMILES string of the molecule is CCc1ccc(NC(=O)c2cc(C)ccc2O)cc1. The van der Waals surface area contributed by atoms with Gasteiger partial charge in [-0.05, 0) is 43.2 Å². The molecule has 0 spiro atoms. The second kappa shape index (κ2) is 5.57. The number of aryl methyl sites for hydroxylation is 2. The first-order valence-corrected chi connectivity index (χ1v) is 6.30. The molecule has 0 radical (unpaired) electrons. The smallest absolute Gasteiger partial charge is 0.259 e. The van der Waals surface area contributed by atoms with E-state index in [-0.39, 0.29) is 11.7 Å². The Bertz CT molecular complexity index is 588. The van der Waals surface area contributed by atoms with Gasteiger partial charge in [0.15, 0.2) is 0 Å². The molecule has 3 nitrogen and oxygen atoms in total. The van der Waals surface area contributed by atoms with Gasteiger partial charge in [-0.2, -0.15) is 0 Å². The number of phenolic OH excluding ortho intramolecular Hbond substituents is 1. The number of hydrogen-bond donors (Lipinski definition) is 2. The first kappa shape index (κ1) is 13.1. The van der Waals surface area contributed by atoms with Gasteiger partial charge < -0.3 is 10.4 Å². The topological polar surface area (TPSA) is 49.3 Å². The maximum absolute atomic E-state index is 12.1. The molecule has 2 rings (SSSR count). The van der Waals surface area contributed by atoms with Crippen LogP contribution in [0.1, 0.15) is 28.4 Å². The van der Waals surface area contributed by atoms with E-state index in [0.717, 1.165) is 17.7 Å². The number of rotatable bonds is 3. The molecule has 1 amide bonds. The van der Waals surface area contributed by atoms with Gasteiger partial charge in [0.05, 0.1) is 5.56 Å². The normalized spacial score (nSPS) is 10.2. The molecule has 98 valence electrons. The van der Waals surface area contributed by atoms with Gasteiger partial charge in [-0.1, -0.05) is 30.7 Å². The number of amides is 1. The lowest BCUT2D eigenvalue weighted by Gasteiger charge is -2.08. The Kier molecular flexibility index (Phi) is 3.85. The van der Waals surface area contributed by atoms with Crippen molar-refractivity contribution in [3.05, 3.63) is 59.2 Å². The maximum atomic E-state index is 12.1. The van der Waals surface area contributed by atoms with E-state index in [0.29, 0.717) is 5.56 Å². The highest BCUT2D eigenvalue weighted by Gasteiger charge is 2.11. The van der Waals surface area contributed by atoms with Gasteiger partial charge in [-0.15, -0.1) is 0 Å². The van der Waals surface area contributed by atoms with Crippen molar-refractivity contribution in [3.63, 3.8) is 0 Å². The lowest BCUT2D eigenvalue weighted by molar-refractivity contribution is 0.102. The molecule has 0 aliphatic rings. The first-order chi connectivity index (χ1) is 9.10. The van der Waals surface area contributed by atoms with E-state index < -0.39 is 0 Å². The first-order valence-electron chi connectivity index (χ1n) is 6.30. The van der Waals surface area contributed by atoms with Crippen LogP contribution in [0.5, 0.6) is 5.75 Å². The molecule has 0 heterocycles. The van der Waals surface area contributed by atoms with E-state index in [4.69, 9.17) is 0 Å². The third-order valence-corrected chi connectivity index (χ3v) is 3.02. The van der Waals surface area contributed by atoms with E-state index in [1.54, 1.807) is 12.1 Å². The number of benzene rings is 2. The Morgan fingerprint density at radius 1 is 1.16 bits per heavy atom. The fourth-order valence-electron chi connectivity index (χ4n) is 1.85. The highest BCUT2D eigenvalue weighted by atomic mass is 16.3. The Labute approximate surface area is 112 Å². The van der Waals surface area contributed by atoms with E-state index >= 15 is 0 Å². The zero-order valence-electron chi connectivity index (χ0n) is 11.1. The second-order valence-electron chi connectivity index (χ2n) is 4.53. The van der Waals surface area contributed by atoms with Crippen LogP contribution in [0.4, 0.5) is 5.69 Å². The van der Waals surface area contributed by atoms with Gasteiger partial charge in [0.25, 0.3) is 5.91 Å². The summed E-state index contributed by atoms with van der Waals surface area (Å²) >= 11 is 0. The summed E-state index contributed by atoms with van der Waals surface area (Å²) < 4.78 is 0. The fraction of sp³-hybridized carbons (Fsp3) is 0.188. The number of phenols is 1. The van der Waals surface area contributed by atoms with Crippen LogP contribution in [-0.2, 0) is 6.42 Å². The van der Waals surface area contributed by atoms with Crippen LogP contribution in [0.15, 0.2) is 42.5 Å². The quantitative estimate of drug-likeness (QED) is 0.881. The number of carbonyl (C=O) groups excluding carboxylic acids is 1. The molecule has 2 N–H and O–H groups in total. The summed E-state index contributed by atoms with van der Waals surface area (Å²) in [6.45, 7) is 3.96. The molecule has 0 saturated carbocycles. The van der Waals surface area contributed by atoms with Gasteiger partial charge in [0.2, 0.25) is 0 Å². The van der Waals surface area contributed by atoms with Crippen LogP contribution >= 0.6 is 0 Å². The summed E-state index contributed by atoms with van der Waals surface area (Å²) in [5, 5.41) is 12.5. The lowest BCUT2D eigenvalue weighted by Crippen LogP contribution is -2.12. The van der Waals surface area contributed by atoms with E-state index in [1.807, 2.05) is 31.2 Å². The van der Waals surface area contributed by atoms with Crippen molar-refractivity contribution in [1.82, 2.24) is 0 Å². The van der Waals surface area contributed by atoms with Crippen LogP contribution in [0.2, 0.25) is 0 Å². The van der Waals surface area contributed by atoms with Gasteiger partial charge in [-0.3, -0.25) is 4.79 Å². The Hall–Kier alpha value is -2.29. The highest BCUT2D eigenvalue weighted by molar-refractivity contribution is 6.06. The molecule has 2 aromatic carbocycles. The van der Waals surface area contributed by atoms with E-state index in [1.165, 1.54) is 11.6 Å². The largest absolute Gasteiger partial charge is 0.507 e. The molecule has 0 atom stereocenters. The minimum Gasteiger partial charge on any atom is -0.507 e.